The summed E-state index contributed by atoms with van der Waals surface area (Å²) < 4.78 is 21.3. The Morgan fingerprint density at radius 3 is 2.13 bits per heavy atom. The van der Waals surface area contributed by atoms with Crippen LogP contribution in [-0.2, 0) is 9.05 Å². The number of benzene rings is 1. The van der Waals surface area contributed by atoms with E-state index < -0.39 is 9.05 Å². The Labute approximate surface area is 107 Å². The maximum absolute atomic E-state index is 10.7. The van der Waals surface area contributed by atoms with Gasteiger partial charge in [0.1, 0.15) is 0 Å². The van der Waals surface area contributed by atoms with Crippen molar-refractivity contribution in [3.63, 3.8) is 0 Å². The Balaban J connectivity index is 3.27. The highest BCUT2D eigenvalue weighted by Gasteiger charge is 2.07. The highest BCUT2D eigenvalue weighted by molar-refractivity contribution is 8.16. The molecule has 0 spiro atoms. The maximum atomic E-state index is 10.7. The summed E-state index contributed by atoms with van der Waals surface area (Å²) in [6, 6.07) is 3.02. The molecule has 0 fully saturated rings. The molecule has 0 amide bonds. The van der Waals surface area contributed by atoms with Crippen LogP contribution in [0, 0.1) is 0 Å². The van der Waals surface area contributed by atoms with Gasteiger partial charge in [0, 0.05) is 26.7 Å². The fraction of sp³-hybridized carbons (Fsp3) is 0. The van der Waals surface area contributed by atoms with Gasteiger partial charge in [0.2, 0.25) is 0 Å². The second kappa shape index (κ2) is 4.93. The highest BCUT2D eigenvalue weighted by atomic mass is 35.7. The van der Waals surface area contributed by atoms with Crippen LogP contribution < -0.4 is 0 Å². The first-order valence-corrected chi connectivity index (χ1v) is 7.08. The van der Waals surface area contributed by atoms with Gasteiger partial charge in [0.15, 0.2) is 0 Å². The van der Waals surface area contributed by atoms with E-state index in [0.717, 1.165) is 5.41 Å². The fourth-order valence-corrected chi connectivity index (χ4v) is 1.96. The SMILES string of the molecule is O=S(=O)(Cl)/C=C/c1c(Cl)ccc(Cl)c1Cl. The van der Waals surface area contributed by atoms with E-state index in [1.54, 1.807) is 0 Å². The molecule has 0 radical (unpaired) electrons. The molecule has 0 saturated heterocycles. The van der Waals surface area contributed by atoms with Crippen LogP contribution in [0.5, 0.6) is 0 Å². The van der Waals surface area contributed by atoms with E-state index in [1.165, 1.54) is 18.2 Å². The second-order valence-electron chi connectivity index (χ2n) is 2.54. The lowest BCUT2D eigenvalue weighted by Gasteiger charge is -2.02. The van der Waals surface area contributed by atoms with E-state index in [1.807, 2.05) is 0 Å². The Hall–Kier alpha value is 0.0700. The van der Waals surface area contributed by atoms with Crippen LogP contribution in [-0.4, -0.2) is 8.42 Å². The average molecular weight is 306 g/mol. The molecule has 0 unspecified atom stereocenters. The fourth-order valence-electron chi connectivity index (χ4n) is 0.845. The minimum atomic E-state index is -3.74. The van der Waals surface area contributed by atoms with Crippen molar-refractivity contribution in [2.75, 3.05) is 0 Å². The minimum absolute atomic E-state index is 0.181. The van der Waals surface area contributed by atoms with Gasteiger partial charge in [-0.2, -0.15) is 0 Å². The van der Waals surface area contributed by atoms with Gasteiger partial charge in [-0.1, -0.05) is 34.8 Å². The van der Waals surface area contributed by atoms with Crippen molar-refractivity contribution < 1.29 is 8.42 Å². The molecule has 1 rings (SSSR count). The molecule has 7 heteroatoms. The zero-order valence-electron chi connectivity index (χ0n) is 7.05. The largest absolute Gasteiger partial charge is 0.254 e. The van der Waals surface area contributed by atoms with E-state index >= 15 is 0 Å². The van der Waals surface area contributed by atoms with Crippen LogP contribution in [0.25, 0.3) is 6.08 Å². The Kier molecular flexibility index (Phi) is 4.32. The molecule has 0 aliphatic rings. The molecule has 0 saturated carbocycles. The number of hydrogen-bond donors (Lipinski definition) is 0. The molecule has 0 atom stereocenters. The molecule has 15 heavy (non-hydrogen) atoms. The van der Waals surface area contributed by atoms with Crippen LogP contribution in [0.3, 0.4) is 0 Å². The summed E-state index contributed by atoms with van der Waals surface area (Å²) in [5.41, 5.74) is 0.315. The third-order valence-electron chi connectivity index (χ3n) is 1.48. The highest BCUT2D eigenvalue weighted by Crippen LogP contribution is 2.32. The van der Waals surface area contributed by atoms with Crippen molar-refractivity contribution in [3.8, 4) is 0 Å². The Morgan fingerprint density at radius 2 is 1.60 bits per heavy atom. The molecular formula is C8H4Cl4O2S. The average Bonchev–Trinajstić information content (AvgIpc) is 2.10. The van der Waals surface area contributed by atoms with Gasteiger partial charge in [0.05, 0.1) is 10.0 Å². The molecule has 1 aromatic rings. The van der Waals surface area contributed by atoms with Crippen molar-refractivity contribution in [3.05, 3.63) is 38.2 Å². The van der Waals surface area contributed by atoms with E-state index in [-0.39, 0.29) is 10.0 Å². The molecule has 82 valence electrons. The van der Waals surface area contributed by atoms with Crippen LogP contribution in [0.4, 0.5) is 0 Å². The summed E-state index contributed by atoms with van der Waals surface area (Å²) in [5, 5.41) is 1.55. The molecule has 0 aromatic heterocycles. The van der Waals surface area contributed by atoms with Crippen LogP contribution >= 0.6 is 45.5 Å². The molecule has 0 N–H and O–H groups in total. The van der Waals surface area contributed by atoms with Crippen LogP contribution in [0.15, 0.2) is 17.5 Å². The van der Waals surface area contributed by atoms with Gasteiger partial charge in [-0.15, -0.1) is 0 Å². The summed E-state index contributed by atoms with van der Waals surface area (Å²) in [6.07, 6.45) is 1.19. The third-order valence-corrected chi connectivity index (χ3v) is 3.39. The molecule has 0 aliphatic heterocycles. The number of halogens is 4. The first-order valence-electron chi connectivity index (χ1n) is 3.57. The first kappa shape index (κ1) is 13.1. The van der Waals surface area contributed by atoms with E-state index in [0.29, 0.717) is 10.6 Å². The molecule has 2 nitrogen and oxygen atoms in total. The van der Waals surface area contributed by atoms with Gasteiger partial charge in [0.25, 0.3) is 9.05 Å². The van der Waals surface area contributed by atoms with Crippen molar-refractivity contribution in [2.45, 2.75) is 0 Å². The van der Waals surface area contributed by atoms with Gasteiger partial charge in [-0.3, -0.25) is 0 Å². The number of hydrogen-bond acceptors (Lipinski definition) is 2. The lowest BCUT2D eigenvalue weighted by atomic mass is 10.2. The summed E-state index contributed by atoms with van der Waals surface area (Å²) in [7, 11) is 1.26. The van der Waals surface area contributed by atoms with Crippen molar-refractivity contribution in [2.24, 2.45) is 0 Å². The summed E-state index contributed by atoms with van der Waals surface area (Å²) in [6.45, 7) is 0. The maximum Gasteiger partial charge on any atom is 0.254 e. The minimum Gasteiger partial charge on any atom is -0.208 e. The zero-order chi connectivity index (χ0) is 11.6. The normalized spacial score (nSPS) is 12.3. The molecule has 0 heterocycles. The molecule has 0 aliphatic carbocycles. The zero-order valence-corrected chi connectivity index (χ0v) is 10.9. The van der Waals surface area contributed by atoms with Crippen molar-refractivity contribution in [1.29, 1.82) is 0 Å². The standard InChI is InChI=1S/C8H4Cl4O2S/c9-6-1-2-7(10)8(11)5(6)3-4-15(12,13)14/h1-4H/b4-3+. The third kappa shape index (κ3) is 3.85. The number of rotatable bonds is 2. The van der Waals surface area contributed by atoms with E-state index in [4.69, 9.17) is 45.5 Å². The molecule has 1 aromatic carbocycles. The first-order chi connectivity index (χ1) is 6.81. The lowest BCUT2D eigenvalue weighted by Crippen LogP contribution is -1.83. The summed E-state index contributed by atoms with van der Waals surface area (Å²) in [4.78, 5) is 0. The summed E-state index contributed by atoms with van der Waals surface area (Å²) >= 11 is 17.3. The quantitative estimate of drug-likeness (QED) is 0.606. The summed E-state index contributed by atoms with van der Waals surface area (Å²) in [5.74, 6) is 0. The van der Waals surface area contributed by atoms with Crippen molar-refractivity contribution >= 4 is 60.6 Å². The van der Waals surface area contributed by atoms with Gasteiger partial charge >= 0.3 is 0 Å². The van der Waals surface area contributed by atoms with E-state index in [9.17, 15) is 8.42 Å². The predicted octanol–water partition coefficient (Wildman–Crippen LogP) is 4.19. The van der Waals surface area contributed by atoms with E-state index in [2.05, 4.69) is 0 Å². The smallest absolute Gasteiger partial charge is 0.208 e. The van der Waals surface area contributed by atoms with Crippen molar-refractivity contribution in [1.82, 2.24) is 0 Å². The Morgan fingerprint density at radius 1 is 1.07 bits per heavy atom. The predicted molar refractivity (Wildman–Crippen MR) is 65.3 cm³/mol. The monoisotopic (exact) mass is 304 g/mol. The molecule has 0 bridgehead atoms. The lowest BCUT2D eigenvalue weighted by molar-refractivity contribution is 0.617. The Bertz CT molecular complexity index is 508. The van der Waals surface area contributed by atoms with Gasteiger partial charge in [-0.25, -0.2) is 8.42 Å². The molecular weight excluding hydrogens is 302 g/mol. The topological polar surface area (TPSA) is 34.1 Å². The van der Waals surface area contributed by atoms with Gasteiger partial charge in [-0.05, 0) is 18.2 Å². The van der Waals surface area contributed by atoms with Gasteiger partial charge < -0.3 is 0 Å². The van der Waals surface area contributed by atoms with Crippen LogP contribution in [0.1, 0.15) is 5.56 Å². The second-order valence-corrected chi connectivity index (χ2v) is 6.24. The van der Waals surface area contributed by atoms with Crippen LogP contribution in [0.2, 0.25) is 15.1 Å².